The van der Waals surface area contributed by atoms with E-state index in [0.29, 0.717) is 17.9 Å². The molecule has 0 spiro atoms. The fourth-order valence-electron chi connectivity index (χ4n) is 4.54. The molecule has 1 aliphatic rings. The summed E-state index contributed by atoms with van der Waals surface area (Å²) >= 11 is 1.72. The van der Waals surface area contributed by atoms with E-state index in [4.69, 9.17) is 4.74 Å². The number of benzene rings is 1. The Balaban J connectivity index is 1.69. The molecule has 0 bridgehead atoms. The first-order valence-electron chi connectivity index (χ1n) is 12.7. The van der Waals surface area contributed by atoms with Crippen LogP contribution in [0, 0.1) is 0 Å². The van der Waals surface area contributed by atoms with Crippen molar-refractivity contribution in [3.8, 4) is 17.1 Å². The van der Waals surface area contributed by atoms with Crippen molar-refractivity contribution in [2.75, 3.05) is 45.9 Å². The van der Waals surface area contributed by atoms with Crippen LogP contribution in [0.1, 0.15) is 39.2 Å². The molecule has 9 heteroatoms. The lowest BCUT2D eigenvalue weighted by atomic mass is 10.1. The van der Waals surface area contributed by atoms with E-state index in [1.54, 1.807) is 11.9 Å². The van der Waals surface area contributed by atoms with Crippen molar-refractivity contribution in [1.82, 2.24) is 23.7 Å². The molecule has 8 nitrogen and oxygen atoms in total. The molecule has 1 saturated heterocycles. The third-order valence-corrected chi connectivity index (χ3v) is 7.41. The molecular weight excluding hydrogens is 462 g/mol. The number of β-amino-alcohol motifs (C(OH)–C–C–N with tert-alkyl or cyclic N) is 1. The van der Waals surface area contributed by atoms with E-state index in [2.05, 4.69) is 51.4 Å². The van der Waals surface area contributed by atoms with Gasteiger partial charge in [-0.05, 0) is 55.5 Å². The minimum absolute atomic E-state index is 0.201. The van der Waals surface area contributed by atoms with Gasteiger partial charge in [-0.3, -0.25) is 9.69 Å². The van der Waals surface area contributed by atoms with Gasteiger partial charge in [0.15, 0.2) is 0 Å². The van der Waals surface area contributed by atoms with Crippen molar-refractivity contribution >= 4 is 23.0 Å². The molecule has 1 fully saturated rings. The van der Waals surface area contributed by atoms with E-state index >= 15 is 0 Å². The van der Waals surface area contributed by atoms with Gasteiger partial charge in [0, 0.05) is 50.4 Å². The summed E-state index contributed by atoms with van der Waals surface area (Å²) in [6, 6.07) is 6.14. The number of aliphatic hydroxyl groups excluding tert-OH is 1. The van der Waals surface area contributed by atoms with Crippen LogP contribution in [0.4, 0.5) is 0 Å². The number of aromatic nitrogens is 3. The van der Waals surface area contributed by atoms with Gasteiger partial charge >= 0.3 is 0 Å². The van der Waals surface area contributed by atoms with Gasteiger partial charge in [-0.15, -0.1) is 0 Å². The predicted molar refractivity (Wildman–Crippen MR) is 142 cm³/mol. The largest absolute Gasteiger partial charge is 0.493 e. The molecule has 0 radical (unpaired) electrons. The zero-order valence-electron chi connectivity index (χ0n) is 21.0. The number of nitrogens with zero attached hydrogens (tertiary/aromatic N) is 4. The first-order valence-corrected chi connectivity index (χ1v) is 13.5. The maximum Gasteiger partial charge on any atom is 0.297 e. The van der Waals surface area contributed by atoms with Crippen LogP contribution in [0.3, 0.4) is 0 Å². The van der Waals surface area contributed by atoms with E-state index < -0.39 is 0 Å². The van der Waals surface area contributed by atoms with E-state index in [-0.39, 0.29) is 12.2 Å². The summed E-state index contributed by atoms with van der Waals surface area (Å²) in [6.07, 6.45) is 4.89. The highest BCUT2D eigenvalue weighted by molar-refractivity contribution is 7.97. The van der Waals surface area contributed by atoms with Crippen LogP contribution in [0.2, 0.25) is 0 Å². The van der Waals surface area contributed by atoms with E-state index in [0.717, 1.165) is 85.8 Å². The monoisotopic (exact) mass is 499 g/mol. The molecule has 0 saturated carbocycles. The number of aliphatic hydroxyl groups is 1. The number of aryl methyl sites for hydroxylation is 2. The Bertz CT molecular complexity index is 1180. The molecule has 0 unspecified atom stereocenters. The van der Waals surface area contributed by atoms with Gasteiger partial charge in [-0.25, -0.2) is 4.31 Å². The molecule has 0 aliphatic carbocycles. The highest BCUT2D eigenvalue weighted by Crippen LogP contribution is 2.34. The summed E-state index contributed by atoms with van der Waals surface area (Å²) in [5.74, 6) is 1.29. The second-order valence-electron chi connectivity index (χ2n) is 8.90. The van der Waals surface area contributed by atoms with Gasteiger partial charge in [0.2, 0.25) is 0 Å². The van der Waals surface area contributed by atoms with Crippen molar-refractivity contribution in [2.24, 2.45) is 0 Å². The quantitative estimate of drug-likeness (QED) is 0.389. The summed E-state index contributed by atoms with van der Waals surface area (Å²) < 4.78 is 10.4. The number of fused-ring (bicyclic) bond motifs is 1. The molecule has 2 N–H and O–H groups in total. The van der Waals surface area contributed by atoms with Gasteiger partial charge in [0.25, 0.3) is 5.56 Å². The highest BCUT2D eigenvalue weighted by Gasteiger charge is 2.20. The highest BCUT2D eigenvalue weighted by atomic mass is 32.2. The topological polar surface area (TPSA) is 86.6 Å². The number of H-pyrrole nitrogens is 1. The molecule has 0 atom stereocenters. The lowest BCUT2D eigenvalue weighted by molar-refractivity contribution is 0.156. The molecule has 1 aromatic carbocycles. The maximum atomic E-state index is 13.2. The summed E-state index contributed by atoms with van der Waals surface area (Å²) in [6.45, 7) is 12.3. The number of piperazine rings is 1. The molecular formula is C26H37N5O3S. The Morgan fingerprint density at radius 3 is 2.63 bits per heavy atom. The summed E-state index contributed by atoms with van der Waals surface area (Å²) in [7, 11) is 0. The normalized spacial score (nSPS) is 15.2. The number of hydrogen-bond acceptors (Lipinski definition) is 7. The minimum atomic E-state index is -0.211. The van der Waals surface area contributed by atoms with Gasteiger partial charge < -0.3 is 19.4 Å². The number of ether oxygens (including phenoxy) is 1. The summed E-state index contributed by atoms with van der Waals surface area (Å²) in [5, 5.41) is 9.19. The van der Waals surface area contributed by atoms with Crippen LogP contribution in [0.25, 0.3) is 22.4 Å². The Labute approximate surface area is 211 Å². The first kappa shape index (κ1) is 25.8. The van der Waals surface area contributed by atoms with Crippen LogP contribution in [-0.2, 0) is 13.0 Å². The second-order valence-corrected chi connectivity index (χ2v) is 10.1. The average Bonchev–Trinajstić information content (AvgIpc) is 3.23. The predicted octanol–water partition coefficient (Wildman–Crippen LogP) is 3.77. The van der Waals surface area contributed by atoms with Gasteiger partial charge in [0.05, 0.1) is 24.3 Å². The fourth-order valence-corrected chi connectivity index (χ4v) is 5.49. The van der Waals surface area contributed by atoms with Gasteiger partial charge in [0.1, 0.15) is 17.1 Å². The van der Waals surface area contributed by atoms with Crippen molar-refractivity contribution in [3.05, 3.63) is 40.3 Å². The van der Waals surface area contributed by atoms with Crippen LogP contribution < -0.4 is 10.3 Å². The standard InChI is InChI=1S/C26H37N5O3S/c1-4-7-19-18-30(6-3)24-23(19)27-25(28-26(24)33)21-17-20(8-9-22(21)34-16-5-2)35-31-12-10-29(11-13-31)14-15-32/h8-9,17-18,32H,4-7,10-16H2,1-3H3,(H,27,28,33). The van der Waals surface area contributed by atoms with Crippen molar-refractivity contribution in [3.63, 3.8) is 0 Å². The van der Waals surface area contributed by atoms with Crippen molar-refractivity contribution in [2.45, 2.75) is 51.5 Å². The molecule has 0 amide bonds. The average molecular weight is 500 g/mol. The van der Waals surface area contributed by atoms with E-state index in [1.807, 2.05) is 17.6 Å². The molecule has 190 valence electrons. The molecule has 2 aromatic heterocycles. The number of aromatic amines is 1. The Morgan fingerprint density at radius 1 is 1.14 bits per heavy atom. The minimum Gasteiger partial charge on any atom is -0.493 e. The number of hydrogen-bond donors (Lipinski definition) is 2. The van der Waals surface area contributed by atoms with Gasteiger partial charge in [-0.1, -0.05) is 20.3 Å². The van der Waals surface area contributed by atoms with Gasteiger partial charge in [-0.2, -0.15) is 4.98 Å². The lowest BCUT2D eigenvalue weighted by Crippen LogP contribution is -2.44. The van der Waals surface area contributed by atoms with E-state index in [9.17, 15) is 9.90 Å². The van der Waals surface area contributed by atoms with Crippen LogP contribution in [0.15, 0.2) is 34.1 Å². The van der Waals surface area contributed by atoms with Crippen LogP contribution >= 0.6 is 11.9 Å². The molecule has 35 heavy (non-hydrogen) atoms. The zero-order chi connectivity index (χ0) is 24.8. The second kappa shape index (κ2) is 12.1. The summed E-state index contributed by atoms with van der Waals surface area (Å²) in [4.78, 5) is 24.5. The van der Waals surface area contributed by atoms with E-state index in [1.165, 1.54) is 0 Å². The third kappa shape index (κ3) is 5.91. The molecule has 3 aromatic rings. The van der Waals surface area contributed by atoms with Crippen LogP contribution in [0.5, 0.6) is 5.75 Å². The summed E-state index contributed by atoms with van der Waals surface area (Å²) in [5.41, 5.74) is 3.27. The molecule has 4 rings (SSSR count). The lowest BCUT2D eigenvalue weighted by Gasteiger charge is -2.33. The smallest absolute Gasteiger partial charge is 0.297 e. The fraction of sp³-hybridized carbons (Fsp3) is 0.538. The van der Waals surface area contributed by atoms with Crippen molar-refractivity contribution in [1.29, 1.82) is 0 Å². The third-order valence-electron chi connectivity index (χ3n) is 6.33. The maximum absolute atomic E-state index is 13.2. The Hall–Kier alpha value is -2.33. The zero-order valence-corrected chi connectivity index (χ0v) is 21.9. The Kier molecular flexibility index (Phi) is 8.89. The number of nitrogens with one attached hydrogen (secondary N) is 1. The SMILES string of the molecule is CCCOc1ccc(SN2CCN(CCO)CC2)cc1-c1nc(=O)c2c([nH]1)c(CCC)cn2CC. The molecule has 1 aliphatic heterocycles. The first-order chi connectivity index (χ1) is 17.1. The Morgan fingerprint density at radius 2 is 1.94 bits per heavy atom. The van der Waals surface area contributed by atoms with Crippen LogP contribution in [-0.4, -0.2) is 74.8 Å². The number of rotatable bonds is 11. The molecule has 3 heterocycles. The van der Waals surface area contributed by atoms with Crippen molar-refractivity contribution < 1.29 is 9.84 Å².